The number of aldehydes is 1. The number of pyridine rings is 4. The number of rotatable bonds is 13. The van der Waals surface area contributed by atoms with E-state index in [-0.39, 0.29) is 5.97 Å². The second-order valence-electron chi connectivity index (χ2n) is 10.6. The summed E-state index contributed by atoms with van der Waals surface area (Å²) >= 11 is 2.58. The Kier molecular flexibility index (Phi) is 16.2. The van der Waals surface area contributed by atoms with Crippen molar-refractivity contribution in [1.82, 2.24) is 30.2 Å². The Balaban J connectivity index is 0.000000190. The van der Waals surface area contributed by atoms with Crippen molar-refractivity contribution in [1.29, 1.82) is 0 Å². The summed E-state index contributed by atoms with van der Waals surface area (Å²) in [7, 11) is 2.71. The van der Waals surface area contributed by atoms with Crippen molar-refractivity contribution in [2.75, 3.05) is 14.2 Å². The lowest BCUT2D eigenvalue weighted by molar-refractivity contribution is 0.0597. The molecular weight excluding hydrogens is 685 g/mol. The summed E-state index contributed by atoms with van der Waals surface area (Å²) in [6.45, 7) is 3.69. The van der Waals surface area contributed by atoms with Crippen LogP contribution in [0.3, 0.4) is 0 Å². The normalized spacial score (nSPS) is 10.3. The van der Waals surface area contributed by atoms with Gasteiger partial charge in [-0.25, -0.2) is 9.59 Å². The van der Waals surface area contributed by atoms with Crippen LogP contribution in [0.5, 0.6) is 0 Å². The first-order chi connectivity index (χ1) is 25.0. The van der Waals surface area contributed by atoms with Gasteiger partial charge in [-0.1, -0.05) is 24.3 Å². The van der Waals surface area contributed by atoms with E-state index in [2.05, 4.69) is 34.9 Å². The molecule has 6 aromatic heterocycles. The lowest BCUT2D eigenvalue weighted by atomic mass is 10.2. The van der Waals surface area contributed by atoms with E-state index in [0.29, 0.717) is 34.0 Å². The molecule has 0 bridgehead atoms. The molecule has 0 saturated heterocycles. The van der Waals surface area contributed by atoms with Crippen molar-refractivity contribution in [3.63, 3.8) is 0 Å². The molecule has 0 spiro atoms. The Labute approximate surface area is 305 Å². The number of thiophene rings is 2. The molecule has 6 rings (SSSR count). The van der Waals surface area contributed by atoms with Crippen LogP contribution in [-0.2, 0) is 42.2 Å². The van der Waals surface area contributed by atoms with Crippen LogP contribution in [0.2, 0.25) is 0 Å². The van der Waals surface area contributed by atoms with E-state index in [1.54, 1.807) is 36.9 Å². The summed E-state index contributed by atoms with van der Waals surface area (Å²) in [4.78, 5) is 54.9. The summed E-state index contributed by atoms with van der Waals surface area (Å²) in [5.41, 5.74) is 4.10. The number of hydrogen-bond acceptors (Lipinski definition) is 13. The third-order valence-electron chi connectivity index (χ3n) is 6.85. The molecule has 0 amide bonds. The second-order valence-corrected chi connectivity index (χ2v) is 12.9. The molecule has 262 valence electrons. The van der Waals surface area contributed by atoms with Gasteiger partial charge in [-0.2, -0.15) is 0 Å². The third-order valence-corrected chi connectivity index (χ3v) is 8.89. The number of nitrogens with zero attached hydrogens (tertiary/aromatic N) is 5. The number of methoxy groups -OCH3 is 2. The molecule has 51 heavy (non-hydrogen) atoms. The Bertz CT molecular complexity index is 1810. The Morgan fingerprint density at radius 3 is 1.47 bits per heavy atom. The maximum Gasteiger partial charge on any atom is 0.348 e. The first-order valence-corrected chi connectivity index (χ1v) is 17.4. The van der Waals surface area contributed by atoms with Crippen LogP contribution in [-0.4, -0.2) is 57.3 Å². The monoisotopic (exact) mass is 722 g/mol. The van der Waals surface area contributed by atoms with Crippen molar-refractivity contribution in [2.24, 2.45) is 0 Å². The molecule has 6 aromatic rings. The molecule has 11 nitrogen and oxygen atoms in total. The fourth-order valence-corrected chi connectivity index (χ4v) is 6.16. The highest BCUT2D eigenvalue weighted by atomic mass is 32.1. The van der Waals surface area contributed by atoms with E-state index in [1.165, 1.54) is 25.6 Å². The lowest BCUT2D eigenvalue weighted by Crippen LogP contribution is -2.23. The quantitative estimate of drug-likeness (QED) is 0.102. The van der Waals surface area contributed by atoms with Gasteiger partial charge in [0.25, 0.3) is 0 Å². The minimum atomic E-state index is -0.400. The maximum absolute atomic E-state index is 11.6. The third kappa shape index (κ3) is 13.8. The van der Waals surface area contributed by atoms with E-state index in [0.717, 1.165) is 58.6 Å². The molecule has 0 aliphatic carbocycles. The van der Waals surface area contributed by atoms with Gasteiger partial charge in [0.1, 0.15) is 9.75 Å². The number of esters is 2. The van der Waals surface area contributed by atoms with Crippen molar-refractivity contribution in [3.05, 3.63) is 164 Å². The van der Waals surface area contributed by atoms with E-state index in [9.17, 15) is 14.4 Å². The minimum Gasteiger partial charge on any atom is -0.465 e. The molecule has 6 heterocycles. The summed E-state index contributed by atoms with van der Waals surface area (Å²) in [6.07, 6.45) is 7.91. The van der Waals surface area contributed by atoms with Gasteiger partial charge in [0.05, 0.1) is 41.9 Å². The fourth-order valence-electron chi connectivity index (χ4n) is 4.45. The predicted octanol–water partition coefficient (Wildman–Crippen LogP) is 6.64. The summed E-state index contributed by atoms with van der Waals surface area (Å²) in [6, 6.07) is 30.6. The fraction of sp³-hybridized carbons (Fsp3) is 0.184. The lowest BCUT2D eigenvalue weighted by Gasteiger charge is -2.21. The summed E-state index contributed by atoms with van der Waals surface area (Å²) in [5, 5.41) is 3.29. The van der Waals surface area contributed by atoms with Gasteiger partial charge in [-0.05, 0) is 72.8 Å². The van der Waals surface area contributed by atoms with Crippen LogP contribution in [0.1, 0.15) is 56.7 Å². The zero-order valence-electron chi connectivity index (χ0n) is 28.3. The predicted molar refractivity (Wildman–Crippen MR) is 197 cm³/mol. The number of hydrogen-bond donors (Lipinski definition) is 1. The zero-order chi connectivity index (χ0) is 36.1. The standard InChI is InChI=1S/C19H19N3O2S.C12H13N3.C7H6O3S/c1-24-19(23)18-9-8-17(25-18)14-22(12-15-6-2-4-10-20-15)13-16-7-3-5-11-21-16;1-3-7-14-11(5-1)9-13-10-12-6-2-4-8-15-12;1-10-7(9)6-3-2-5(4-8)11-6/h2-11H,12-14H2,1H3;1-8,13H,9-10H2;2-4H,1H3. The molecule has 1 N–H and O–H groups in total. The van der Waals surface area contributed by atoms with Gasteiger partial charge >= 0.3 is 11.9 Å². The molecule has 0 aliphatic heterocycles. The molecule has 0 atom stereocenters. The van der Waals surface area contributed by atoms with Crippen LogP contribution in [0.4, 0.5) is 0 Å². The maximum atomic E-state index is 11.6. The van der Waals surface area contributed by atoms with E-state index in [4.69, 9.17) is 4.74 Å². The van der Waals surface area contributed by atoms with E-state index >= 15 is 0 Å². The molecular formula is C38H38N6O5S2. The second kappa shape index (κ2) is 21.6. The average Bonchev–Trinajstić information content (AvgIpc) is 3.87. The van der Waals surface area contributed by atoms with E-state index in [1.807, 2.05) is 84.9 Å². The molecule has 0 aromatic carbocycles. The van der Waals surface area contributed by atoms with Crippen LogP contribution >= 0.6 is 22.7 Å². The van der Waals surface area contributed by atoms with Crippen LogP contribution in [0.25, 0.3) is 0 Å². The topological polar surface area (TPSA) is 136 Å². The number of carbonyl (C=O) groups is 3. The minimum absolute atomic E-state index is 0.294. The van der Waals surface area contributed by atoms with Crippen molar-refractivity contribution >= 4 is 40.9 Å². The van der Waals surface area contributed by atoms with Crippen molar-refractivity contribution in [3.8, 4) is 0 Å². The number of nitrogens with one attached hydrogen (secondary N) is 1. The zero-order valence-corrected chi connectivity index (χ0v) is 29.9. The molecule has 0 radical (unpaired) electrons. The van der Waals surface area contributed by atoms with Gasteiger partial charge < -0.3 is 14.8 Å². The van der Waals surface area contributed by atoms with Crippen LogP contribution in [0.15, 0.2) is 122 Å². The first kappa shape index (κ1) is 38.3. The molecule has 13 heteroatoms. The number of aromatic nitrogens is 4. The number of ether oxygens (including phenoxy) is 2. The smallest absolute Gasteiger partial charge is 0.348 e. The first-order valence-electron chi connectivity index (χ1n) is 15.8. The molecule has 0 saturated carbocycles. The summed E-state index contributed by atoms with van der Waals surface area (Å²) < 4.78 is 9.23. The molecule has 0 aliphatic rings. The average molecular weight is 723 g/mol. The van der Waals surface area contributed by atoms with Crippen molar-refractivity contribution in [2.45, 2.75) is 32.7 Å². The summed E-state index contributed by atoms with van der Waals surface area (Å²) in [5.74, 6) is -0.694. The Hall–Kier alpha value is -5.47. The largest absolute Gasteiger partial charge is 0.465 e. The molecule has 0 unspecified atom stereocenters. The van der Waals surface area contributed by atoms with Crippen LogP contribution in [0, 0.1) is 0 Å². The molecule has 0 fully saturated rings. The highest BCUT2D eigenvalue weighted by molar-refractivity contribution is 7.15. The van der Waals surface area contributed by atoms with Gasteiger partial charge in [0, 0.05) is 62.4 Å². The Morgan fingerprint density at radius 1 is 0.608 bits per heavy atom. The van der Waals surface area contributed by atoms with Gasteiger partial charge in [0.15, 0.2) is 6.29 Å². The van der Waals surface area contributed by atoms with Crippen LogP contribution < -0.4 is 5.32 Å². The van der Waals surface area contributed by atoms with Crippen molar-refractivity contribution < 1.29 is 23.9 Å². The number of carbonyl (C=O) groups excluding carboxylic acids is 3. The van der Waals surface area contributed by atoms with Gasteiger partial charge in [0.2, 0.25) is 0 Å². The van der Waals surface area contributed by atoms with E-state index < -0.39 is 5.97 Å². The van der Waals surface area contributed by atoms with Gasteiger partial charge in [-0.3, -0.25) is 29.6 Å². The highest BCUT2D eigenvalue weighted by Gasteiger charge is 2.14. The van der Waals surface area contributed by atoms with Gasteiger partial charge in [-0.15, -0.1) is 22.7 Å². The Morgan fingerprint density at radius 2 is 1.06 bits per heavy atom. The highest BCUT2D eigenvalue weighted by Crippen LogP contribution is 2.21. The SMILES string of the molecule is COC(=O)c1ccc(C=O)s1.COC(=O)c1ccc(CN(Cc2ccccn2)Cc2ccccn2)s1.c1ccc(CNCc2ccccn2)nc1.